The van der Waals surface area contributed by atoms with E-state index in [-0.39, 0.29) is 12.4 Å². The number of nitrogens with zero attached hydrogens (tertiary/aromatic N) is 4. The van der Waals surface area contributed by atoms with Crippen molar-refractivity contribution in [3.8, 4) is 0 Å². The predicted molar refractivity (Wildman–Crippen MR) is 104 cm³/mol. The van der Waals surface area contributed by atoms with Crippen LogP contribution in [0.1, 0.15) is 26.5 Å². The molecule has 0 saturated heterocycles. The molecule has 1 aliphatic carbocycles. The number of sulfonamides is 1. The summed E-state index contributed by atoms with van der Waals surface area (Å²) in [6, 6.07) is 1.67. The molecule has 0 aliphatic heterocycles. The van der Waals surface area contributed by atoms with Crippen LogP contribution in [0.4, 0.5) is 0 Å². The highest BCUT2D eigenvalue weighted by Gasteiger charge is 2.52. The molecule has 0 amide bonds. The van der Waals surface area contributed by atoms with E-state index in [0.29, 0.717) is 11.3 Å². The largest absolute Gasteiger partial charge is 0.481 e. The molecule has 0 spiro atoms. The first-order valence-corrected chi connectivity index (χ1v) is 10.5. The molecule has 2 aromatic heterocycles. The highest BCUT2D eigenvalue weighted by Crippen LogP contribution is 2.37. The number of allylic oxidation sites excluding steroid dienone is 2. The Morgan fingerprint density at radius 2 is 2.14 bits per heavy atom. The molecule has 2 aromatic rings. The Kier molecular flexibility index (Phi) is 5.57. The maximum Gasteiger partial charge on any atom is 0.312 e. The molecule has 0 bridgehead atoms. The van der Waals surface area contributed by atoms with Crippen LogP contribution < -0.4 is 4.72 Å². The highest BCUT2D eigenvalue weighted by atomic mass is 32.2. The molecule has 156 valence electrons. The number of aryl methyl sites for hydroxylation is 1. The fourth-order valence-corrected chi connectivity index (χ4v) is 4.92. The number of carboxylic acids is 1. The summed E-state index contributed by atoms with van der Waals surface area (Å²) in [5.74, 6) is -2.23. The fraction of sp³-hybridized carbons (Fsp3) is 0.444. The van der Waals surface area contributed by atoms with Crippen molar-refractivity contribution in [3.63, 3.8) is 0 Å². The van der Waals surface area contributed by atoms with Gasteiger partial charge in [-0.2, -0.15) is 9.71 Å². The number of fused-ring (bicyclic) bond motifs is 1. The Balaban J connectivity index is 2.12. The molecule has 10 nitrogen and oxygen atoms in total. The van der Waals surface area contributed by atoms with Gasteiger partial charge in [-0.15, -0.1) is 5.10 Å². The Morgan fingerprint density at radius 1 is 1.41 bits per heavy atom. The van der Waals surface area contributed by atoms with Crippen LogP contribution in [0.2, 0.25) is 0 Å². The summed E-state index contributed by atoms with van der Waals surface area (Å²) in [5, 5.41) is 13.3. The Morgan fingerprint density at radius 3 is 2.79 bits per heavy atom. The van der Waals surface area contributed by atoms with Crippen molar-refractivity contribution in [1.82, 2.24) is 24.3 Å². The number of carboxylic acid groups (broad SMARTS) is 1. The molecule has 2 heterocycles. The summed E-state index contributed by atoms with van der Waals surface area (Å²) in [4.78, 5) is 20.2. The van der Waals surface area contributed by atoms with Gasteiger partial charge in [0.1, 0.15) is 5.92 Å². The molecule has 0 radical (unpaired) electrons. The van der Waals surface area contributed by atoms with Gasteiger partial charge in [0, 0.05) is 18.5 Å². The van der Waals surface area contributed by atoms with Crippen molar-refractivity contribution in [1.29, 1.82) is 0 Å². The number of ether oxygens (including phenoxy) is 1. The van der Waals surface area contributed by atoms with Crippen LogP contribution >= 0.6 is 0 Å². The van der Waals surface area contributed by atoms with Crippen molar-refractivity contribution in [2.75, 3.05) is 6.61 Å². The Bertz CT molecular complexity index is 1110. The molecule has 0 aromatic carbocycles. The summed E-state index contributed by atoms with van der Waals surface area (Å²) in [5.41, 5.74) is -0.379. The zero-order valence-electron chi connectivity index (χ0n) is 16.5. The van der Waals surface area contributed by atoms with Crippen molar-refractivity contribution < 1.29 is 23.1 Å². The lowest BCUT2D eigenvalue weighted by molar-refractivity contribution is -0.144. The SMILES string of the molecule is CCOC(C)C1(NS(=O)(=O)c2nc3nc(C)ccn3n2)C(C)=CC=CC1C(=O)O. The van der Waals surface area contributed by atoms with Gasteiger partial charge >= 0.3 is 5.97 Å². The molecule has 3 rings (SSSR count). The molecule has 3 unspecified atom stereocenters. The normalized spacial score (nSPS) is 23.2. The van der Waals surface area contributed by atoms with E-state index in [1.165, 1.54) is 10.6 Å². The summed E-state index contributed by atoms with van der Waals surface area (Å²) in [6.07, 6.45) is 5.47. The van der Waals surface area contributed by atoms with E-state index in [4.69, 9.17) is 4.74 Å². The van der Waals surface area contributed by atoms with Gasteiger partial charge in [0.15, 0.2) is 0 Å². The minimum absolute atomic E-state index is 0.128. The second-order valence-electron chi connectivity index (χ2n) is 6.83. The smallest absolute Gasteiger partial charge is 0.312 e. The average Bonchev–Trinajstić information content (AvgIpc) is 3.07. The lowest BCUT2D eigenvalue weighted by Gasteiger charge is -2.44. The van der Waals surface area contributed by atoms with Gasteiger partial charge in [0.05, 0.1) is 11.6 Å². The van der Waals surface area contributed by atoms with E-state index >= 15 is 0 Å². The lowest BCUT2D eigenvalue weighted by atomic mass is 9.72. The summed E-state index contributed by atoms with van der Waals surface area (Å²) in [6.45, 7) is 7.09. The summed E-state index contributed by atoms with van der Waals surface area (Å²) < 4.78 is 35.9. The molecular formula is C18H23N5O5S. The van der Waals surface area contributed by atoms with Crippen molar-refractivity contribution in [2.45, 2.75) is 44.5 Å². The molecule has 2 N–H and O–H groups in total. The lowest BCUT2D eigenvalue weighted by Crippen LogP contribution is -2.63. The van der Waals surface area contributed by atoms with Crippen LogP contribution in [0, 0.1) is 12.8 Å². The molecule has 0 saturated carbocycles. The number of carbonyl (C=O) groups is 1. The number of aromatic nitrogens is 4. The maximum atomic E-state index is 13.2. The fourth-order valence-electron chi connectivity index (χ4n) is 3.53. The number of hydrogen-bond donors (Lipinski definition) is 2. The molecule has 1 aliphatic rings. The first kappa shape index (κ1) is 21.1. The van der Waals surface area contributed by atoms with Crippen LogP contribution in [0.5, 0.6) is 0 Å². The molecule has 29 heavy (non-hydrogen) atoms. The molecule has 11 heteroatoms. The van der Waals surface area contributed by atoms with Crippen LogP contribution in [0.25, 0.3) is 5.78 Å². The minimum atomic E-state index is -4.31. The predicted octanol–water partition coefficient (Wildman–Crippen LogP) is 1.09. The minimum Gasteiger partial charge on any atom is -0.481 e. The van der Waals surface area contributed by atoms with E-state index in [2.05, 4.69) is 19.8 Å². The number of hydrogen-bond acceptors (Lipinski definition) is 7. The highest BCUT2D eigenvalue weighted by molar-refractivity contribution is 7.89. The zero-order chi connectivity index (χ0) is 21.4. The average molecular weight is 421 g/mol. The van der Waals surface area contributed by atoms with Gasteiger partial charge in [-0.3, -0.25) is 4.79 Å². The number of aliphatic carboxylic acids is 1. The van der Waals surface area contributed by atoms with Crippen molar-refractivity contribution >= 4 is 21.8 Å². The van der Waals surface area contributed by atoms with Crippen molar-refractivity contribution in [2.24, 2.45) is 5.92 Å². The van der Waals surface area contributed by atoms with E-state index in [1.54, 1.807) is 52.1 Å². The van der Waals surface area contributed by atoms with Crippen LogP contribution in [0.3, 0.4) is 0 Å². The third-order valence-corrected chi connectivity index (χ3v) is 6.25. The molecular weight excluding hydrogens is 398 g/mol. The monoisotopic (exact) mass is 421 g/mol. The van der Waals surface area contributed by atoms with Gasteiger partial charge in [0.2, 0.25) is 0 Å². The third-order valence-electron chi connectivity index (χ3n) is 4.99. The molecule has 3 atom stereocenters. The van der Waals surface area contributed by atoms with Crippen LogP contribution in [-0.4, -0.2) is 57.3 Å². The first-order chi connectivity index (χ1) is 13.6. The maximum absolute atomic E-state index is 13.2. The van der Waals surface area contributed by atoms with Crippen LogP contribution in [0.15, 0.2) is 41.2 Å². The van der Waals surface area contributed by atoms with E-state index < -0.39 is 38.7 Å². The van der Waals surface area contributed by atoms with Gasteiger partial charge in [-0.25, -0.2) is 17.9 Å². The quantitative estimate of drug-likeness (QED) is 0.678. The van der Waals surface area contributed by atoms with Gasteiger partial charge in [-0.1, -0.05) is 18.2 Å². The Labute approximate surface area is 168 Å². The van der Waals surface area contributed by atoms with Crippen molar-refractivity contribution in [3.05, 3.63) is 41.8 Å². The van der Waals surface area contributed by atoms with E-state index in [9.17, 15) is 18.3 Å². The zero-order valence-corrected chi connectivity index (χ0v) is 17.3. The van der Waals surface area contributed by atoms with E-state index in [0.717, 1.165) is 0 Å². The van der Waals surface area contributed by atoms with Gasteiger partial charge in [-0.05, 0) is 39.3 Å². The second-order valence-corrected chi connectivity index (χ2v) is 8.41. The van der Waals surface area contributed by atoms with Crippen LogP contribution in [-0.2, 0) is 19.6 Å². The van der Waals surface area contributed by atoms with Gasteiger partial charge in [0.25, 0.3) is 21.0 Å². The Hall–Kier alpha value is -2.63. The number of rotatable bonds is 7. The summed E-state index contributed by atoms with van der Waals surface area (Å²) in [7, 11) is -4.31. The topological polar surface area (TPSA) is 136 Å². The second kappa shape index (κ2) is 7.65. The first-order valence-electron chi connectivity index (χ1n) is 9.05. The van der Waals surface area contributed by atoms with E-state index in [1.807, 2.05) is 0 Å². The third kappa shape index (κ3) is 3.68. The standard InChI is InChI=1S/C18H23N5O5S/c1-5-28-13(4)18(11(2)7-6-8-14(18)15(24)25)22-29(26,27)17-20-16-19-12(3)9-10-23(16)21-17/h6-10,13-14,22H,5H2,1-4H3,(H,24,25). The molecule has 0 fully saturated rings. The number of nitrogens with one attached hydrogen (secondary N) is 1. The summed E-state index contributed by atoms with van der Waals surface area (Å²) >= 11 is 0. The van der Waals surface area contributed by atoms with Gasteiger partial charge < -0.3 is 9.84 Å².